The molecule has 138 valence electrons. The second-order valence-corrected chi connectivity index (χ2v) is 9.31. The third kappa shape index (κ3) is 2.34. The van der Waals surface area contributed by atoms with Crippen molar-refractivity contribution in [3.05, 3.63) is 48.6 Å². The predicted octanol–water partition coefficient (Wildman–Crippen LogP) is 2.52. The summed E-state index contributed by atoms with van der Waals surface area (Å²) >= 11 is 0. The highest BCUT2D eigenvalue weighted by Gasteiger charge is 2.59. The zero-order valence-corrected chi connectivity index (χ0v) is 15.4. The lowest BCUT2D eigenvalue weighted by atomic mass is 9.85. The number of amides is 2. The van der Waals surface area contributed by atoms with Crippen LogP contribution in [-0.4, -0.2) is 26.5 Å². The molecule has 6 nitrogen and oxygen atoms in total. The van der Waals surface area contributed by atoms with Crippen LogP contribution < -0.4 is 9.62 Å². The fourth-order valence-electron chi connectivity index (χ4n) is 4.91. The van der Waals surface area contributed by atoms with Crippen LogP contribution in [0.4, 0.5) is 11.4 Å². The average Bonchev–Trinajstić information content (AvgIpc) is 3.29. The van der Waals surface area contributed by atoms with Gasteiger partial charge >= 0.3 is 0 Å². The largest absolute Gasteiger partial charge is 0.283 e. The van der Waals surface area contributed by atoms with Gasteiger partial charge in [0.25, 0.3) is 0 Å². The number of hydrogen-bond donors (Lipinski definition) is 1. The Labute approximate surface area is 156 Å². The second-order valence-electron chi connectivity index (χ2n) is 7.56. The molecule has 3 aliphatic rings. The normalized spacial score (nSPS) is 29.0. The summed E-state index contributed by atoms with van der Waals surface area (Å²) in [6, 6.07) is 10.5. The maximum atomic E-state index is 13.1. The molecule has 0 spiro atoms. The number of benzene rings is 2. The van der Waals surface area contributed by atoms with Crippen molar-refractivity contribution in [3.8, 4) is 0 Å². The van der Waals surface area contributed by atoms with Crippen LogP contribution in [0.3, 0.4) is 0 Å². The zero-order chi connectivity index (χ0) is 18.9. The number of imide groups is 1. The van der Waals surface area contributed by atoms with Gasteiger partial charge in [0.1, 0.15) is 0 Å². The number of anilines is 2. The van der Waals surface area contributed by atoms with Gasteiger partial charge in [0.05, 0.1) is 29.5 Å². The summed E-state index contributed by atoms with van der Waals surface area (Å²) in [5, 5.41) is 1.33. The smallest absolute Gasteiger partial charge is 0.238 e. The van der Waals surface area contributed by atoms with Crippen molar-refractivity contribution in [1.82, 2.24) is 0 Å². The van der Waals surface area contributed by atoms with Gasteiger partial charge in [-0.25, -0.2) is 13.3 Å². The first-order valence-electron chi connectivity index (χ1n) is 8.91. The topological polar surface area (TPSA) is 83.6 Å². The summed E-state index contributed by atoms with van der Waals surface area (Å²) in [6.07, 6.45) is 6.11. The number of sulfonamides is 1. The number of nitrogens with one attached hydrogen (secondary N) is 1. The molecule has 0 radical (unpaired) electrons. The molecule has 1 saturated heterocycles. The Kier molecular flexibility index (Phi) is 3.31. The number of hydrogen-bond acceptors (Lipinski definition) is 4. The van der Waals surface area contributed by atoms with Gasteiger partial charge in [0.15, 0.2) is 0 Å². The highest BCUT2D eigenvalue weighted by atomic mass is 32.2. The number of allylic oxidation sites excluding steroid dienone is 2. The van der Waals surface area contributed by atoms with Gasteiger partial charge in [-0.2, -0.15) is 0 Å². The van der Waals surface area contributed by atoms with Gasteiger partial charge in [-0.15, -0.1) is 0 Å². The number of fused-ring (bicyclic) bond motifs is 6. The van der Waals surface area contributed by atoms with Crippen LogP contribution in [0.5, 0.6) is 0 Å². The number of carbonyl (C=O) groups excluding carboxylic acids is 2. The van der Waals surface area contributed by atoms with E-state index in [-0.39, 0.29) is 35.5 Å². The Morgan fingerprint density at radius 1 is 0.926 bits per heavy atom. The molecule has 0 aromatic heterocycles. The molecule has 2 aromatic carbocycles. The fraction of sp³-hybridized carbons (Fsp3) is 0.300. The van der Waals surface area contributed by atoms with Crippen LogP contribution in [0.15, 0.2) is 48.6 Å². The quantitative estimate of drug-likeness (QED) is 0.653. The Hall–Kier alpha value is -2.67. The summed E-state index contributed by atoms with van der Waals surface area (Å²) in [7, 11) is -3.45. The van der Waals surface area contributed by atoms with E-state index in [0.717, 1.165) is 12.7 Å². The SMILES string of the molecule is CS(=O)(=O)Nc1ccc(N2C(=O)[C@@H]3[C@H](C2=O)[C@@H]2C=C[C@H]3C2)c2ccccc12. The molecule has 2 aliphatic carbocycles. The Balaban J connectivity index is 1.64. The van der Waals surface area contributed by atoms with E-state index < -0.39 is 10.0 Å². The van der Waals surface area contributed by atoms with Gasteiger partial charge in [-0.05, 0) is 30.4 Å². The lowest BCUT2D eigenvalue weighted by Crippen LogP contribution is -2.33. The molecule has 2 fully saturated rings. The molecular weight excluding hydrogens is 364 g/mol. The third-order valence-corrected chi connectivity index (χ3v) is 6.50. The zero-order valence-electron chi connectivity index (χ0n) is 14.6. The average molecular weight is 382 g/mol. The Morgan fingerprint density at radius 3 is 2.11 bits per heavy atom. The van der Waals surface area contributed by atoms with Crippen molar-refractivity contribution in [2.45, 2.75) is 6.42 Å². The van der Waals surface area contributed by atoms with E-state index in [4.69, 9.17) is 0 Å². The minimum atomic E-state index is -3.45. The van der Waals surface area contributed by atoms with Crippen molar-refractivity contribution in [1.29, 1.82) is 0 Å². The van der Waals surface area contributed by atoms with Gasteiger partial charge in [0.2, 0.25) is 21.8 Å². The number of nitrogens with zero attached hydrogens (tertiary/aromatic N) is 1. The van der Waals surface area contributed by atoms with Crippen molar-refractivity contribution in [3.63, 3.8) is 0 Å². The van der Waals surface area contributed by atoms with E-state index in [0.29, 0.717) is 22.1 Å². The van der Waals surface area contributed by atoms with Crippen molar-refractivity contribution >= 4 is 44.0 Å². The minimum absolute atomic E-state index is 0.143. The Morgan fingerprint density at radius 2 is 1.52 bits per heavy atom. The molecule has 0 unspecified atom stereocenters. The van der Waals surface area contributed by atoms with E-state index >= 15 is 0 Å². The van der Waals surface area contributed by atoms with Crippen LogP contribution in [0.1, 0.15) is 6.42 Å². The molecule has 2 amide bonds. The summed E-state index contributed by atoms with van der Waals surface area (Å²) in [5.41, 5.74) is 0.950. The van der Waals surface area contributed by atoms with Crippen molar-refractivity contribution in [2.24, 2.45) is 23.7 Å². The molecule has 27 heavy (non-hydrogen) atoms. The van der Waals surface area contributed by atoms with Crippen molar-refractivity contribution in [2.75, 3.05) is 15.9 Å². The van der Waals surface area contributed by atoms with Gasteiger partial charge in [-0.1, -0.05) is 36.4 Å². The Bertz CT molecular complexity index is 1110. The highest BCUT2D eigenvalue weighted by Crippen LogP contribution is 2.53. The van der Waals surface area contributed by atoms with Gasteiger partial charge < -0.3 is 0 Å². The summed E-state index contributed by atoms with van der Waals surface area (Å²) in [6.45, 7) is 0. The molecule has 7 heteroatoms. The molecule has 1 N–H and O–H groups in total. The first kappa shape index (κ1) is 16.5. The molecular formula is C20H18N2O4S. The molecule has 2 bridgehead atoms. The van der Waals surface area contributed by atoms with Gasteiger partial charge in [0, 0.05) is 10.8 Å². The van der Waals surface area contributed by atoms with E-state index in [1.165, 1.54) is 4.90 Å². The van der Waals surface area contributed by atoms with E-state index in [1.807, 2.05) is 6.07 Å². The number of rotatable bonds is 3. The molecule has 1 aliphatic heterocycles. The highest BCUT2D eigenvalue weighted by molar-refractivity contribution is 7.92. The van der Waals surface area contributed by atoms with Crippen LogP contribution in [-0.2, 0) is 19.6 Å². The van der Waals surface area contributed by atoms with Gasteiger partial charge in [-0.3, -0.25) is 14.3 Å². The third-order valence-electron chi connectivity index (χ3n) is 5.91. The predicted molar refractivity (Wildman–Crippen MR) is 103 cm³/mol. The lowest BCUT2D eigenvalue weighted by molar-refractivity contribution is -0.123. The van der Waals surface area contributed by atoms with E-state index in [9.17, 15) is 18.0 Å². The molecule has 1 saturated carbocycles. The van der Waals surface area contributed by atoms with Crippen LogP contribution >= 0.6 is 0 Å². The van der Waals surface area contributed by atoms with Crippen LogP contribution in [0, 0.1) is 23.7 Å². The molecule has 4 atom stereocenters. The first-order chi connectivity index (χ1) is 12.8. The van der Waals surface area contributed by atoms with E-state index in [2.05, 4.69) is 16.9 Å². The van der Waals surface area contributed by atoms with Crippen LogP contribution in [0.25, 0.3) is 10.8 Å². The summed E-state index contributed by atoms with van der Waals surface area (Å²) < 4.78 is 25.8. The summed E-state index contributed by atoms with van der Waals surface area (Å²) in [4.78, 5) is 27.5. The first-order valence-corrected chi connectivity index (χ1v) is 10.8. The minimum Gasteiger partial charge on any atom is -0.283 e. The van der Waals surface area contributed by atoms with Crippen molar-refractivity contribution < 1.29 is 18.0 Å². The second kappa shape index (κ2) is 5.42. The van der Waals surface area contributed by atoms with Crippen LogP contribution in [0.2, 0.25) is 0 Å². The molecule has 1 heterocycles. The fourth-order valence-corrected chi connectivity index (χ4v) is 5.48. The molecule has 5 rings (SSSR count). The standard InChI is InChI=1S/C20H18N2O4S/c1-27(25,26)21-15-8-9-16(14-5-3-2-4-13(14)15)22-19(23)17-11-6-7-12(10-11)18(17)20(22)24/h2-9,11-12,17-18,21H,10H2,1H3/t11-,12+,17-,18+. The maximum Gasteiger partial charge on any atom is 0.238 e. The summed E-state index contributed by atoms with van der Waals surface area (Å²) in [5.74, 6) is -0.510. The number of carbonyl (C=O) groups is 2. The maximum absolute atomic E-state index is 13.1. The lowest BCUT2D eigenvalue weighted by Gasteiger charge is -2.20. The monoisotopic (exact) mass is 382 g/mol. The van der Waals surface area contributed by atoms with E-state index in [1.54, 1.807) is 30.3 Å². The molecule has 2 aromatic rings.